The van der Waals surface area contributed by atoms with Crippen molar-refractivity contribution < 1.29 is 4.79 Å². The first-order valence-corrected chi connectivity index (χ1v) is 6.59. The van der Waals surface area contributed by atoms with Crippen molar-refractivity contribution in [3.05, 3.63) is 33.8 Å². The summed E-state index contributed by atoms with van der Waals surface area (Å²) in [7, 11) is 1.87. The highest BCUT2D eigenvalue weighted by molar-refractivity contribution is 9.10. The van der Waals surface area contributed by atoms with Crippen LogP contribution >= 0.6 is 15.9 Å². The lowest BCUT2D eigenvalue weighted by Gasteiger charge is -2.06. The number of likely N-dealkylation sites (N-methyl/N-ethyl adjacent to an activating group) is 1. The second-order valence-electron chi connectivity index (χ2n) is 4.04. The van der Waals surface area contributed by atoms with Crippen LogP contribution in [-0.2, 0) is 11.2 Å². The van der Waals surface area contributed by atoms with E-state index >= 15 is 0 Å². The number of rotatable bonds is 6. The lowest BCUT2D eigenvalue weighted by molar-refractivity contribution is -0.121. The summed E-state index contributed by atoms with van der Waals surface area (Å²) >= 11 is 3.47. The summed E-state index contributed by atoms with van der Waals surface area (Å²) in [5.74, 6) is 0.112. The zero-order valence-electron chi connectivity index (χ0n) is 10.3. The number of hydrogen-bond acceptors (Lipinski definition) is 2. The summed E-state index contributed by atoms with van der Waals surface area (Å²) in [6, 6.07) is 6.20. The Morgan fingerprint density at radius 2 is 2.12 bits per heavy atom. The fourth-order valence-corrected chi connectivity index (χ4v) is 1.78. The fraction of sp³-hybridized carbons (Fsp3) is 0.462. The van der Waals surface area contributed by atoms with Crippen molar-refractivity contribution in [3.63, 3.8) is 0 Å². The first kappa shape index (κ1) is 14.2. The van der Waals surface area contributed by atoms with Gasteiger partial charge >= 0.3 is 0 Å². The molecule has 0 saturated heterocycles. The summed E-state index contributed by atoms with van der Waals surface area (Å²) in [6.45, 7) is 3.55. The Hall–Kier alpha value is -0.870. The van der Waals surface area contributed by atoms with Gasteiger partial charge in [0.25, 0.3) is 0 Å². The molecule has 94 valence electrons. The Balaban J connectivity index is 2.34. The standard InChI is InChI=1S/C13H19BrN2O/c1-10-9-11(3-5-12(10)14)4-6-13(17)16-8-7-15-2/h3,5,9,15H,4,6-8H2,1-2H3,(H,16,17). The van der Waals surface area contributed by atoms with Gasteiger partial charge < -0.3 is 10.6 Å². The molecule has 0 fully saturated rings. The minimum Gasteiger partial charge on any atom is -0.355 e. The molecule has 0 bridgehead atoms. The van der Waals surface area contributed by atoms with Crippen molar-refractivity contribution in [1.29, 1.82) is 0 Å². The zero-order valence-corrected chi connectivity index (χ0v) is 11.9. The molecule has 0 unspecified atom stereocenters. The van der Waals surface area contributed by atoms with E-state index in [1.54, 1.807) is 0 Å². The van der Waals surface area contributed by atoms with Crippen molar-refractivity contribution in [2.45, 2.75) is 19.8 Å². The molecule has 0 aliphatic rings. The van der Waals surface area contributed by atoms with E-state index in [-0.39, 0.29) is 5.91 Å². The van der Waals surface area contributed by atoms with E-state index in [0.717, 1.165) is 17.4 Å². The maximum absolute atomic E-state index is 11.5. The van der Waals surface area contributed by atoms with E-state index in [4.69, 9.17) is 0 Å². The Kier molecular flexibility index (Phi) is 6.22. The molecule has 0 radical (unpaired) electrons. The number of carbonyl (C=O) groups excluding carboxylic acids is 1. The largest absolute Gasteiger partial charge is 0.355 e. The molecule has 17 heavy (non-hydrogen) atoms. The van der Waals surface area contributed by atoms with Crippen molar-refractivity contribution in [2.75, 3.05) is 20.1 Å². The molecule has 3 nitrogen and oxygen atoms in total. The minimum absolute atomic E-state index is 0.112. The van der Waals surface area contributed by atoms with Crippen molar-refractivity contribution in [2.24, 2.45) is 0 Å². The number of aryl methyl sites for hydroxylation is 2. The van der Waals surface area contributed by atoms with Gasteiger partial charge in [-0.2, -0.15) is 0 Å². The average molecular weight is 299 g/mol. The molecule has 0 atom stereocenters. The first-order valence-electron chi connectivity index (χ1n) is 5.80. The van der Waals surface area contributed by atoms with Crippen LogP contribution in [0.3, 0.4) is 0 Å². The van der Waals surface area contributed by atoms with E-state index in [9.17, 15) is 4.79 Å². The number of nitrogens with one attached hydrogen (secondary N) is 2. The molecule has 0 heterocycles. The van der Waals surface area contributed by atoms with Gasteiger partial charge in [0.2, 0.25) is 5.91 Å². The smallest absolute Gasteiger partial charge is 0.220 e. The Morgan fingerprint density at radius 3 is 2.76 bits per heavy atom. The molecule has 1 amide bonds. The van der Waals surface area contributed by atoms with Crippen LogP contribution in [0.2, 0.25) is 0 Å². The second-order valence-corrected chi connectivity index (χ2v) is 4.89. The summed E-state index contributed by atoms with van der Waals surface area (Å²) in [6.07, 6.45) is 1.34. The van der Waals surface area contributed by atoms with E-state index in [0.29, 0.717) is 13.0 Å². The minimum atomic E-state index is 0.112. The van der Waals surface area contributed by atoms with Crippen LogP contribution in [0.15, 0.2) is 22.7 Å². The number of benzene rings is 1. The molecule has 0 saturated carbocycles. The lowest BCUT2D eigenvalue weighted by atomic mass is 10.1. The molecule has 0 spiro atoms. The van der Waals surface area contributed by atoms with Crippen LogP contribution in [0.4, 0.5) is 0 Å². The third kappa shape index (κ3) is 5.33. The van der Waals surface area contributed by atoms with E-state index in [1.807, 2.05) is 13.1 Å². The van der Waals surface area contributed by atoms with Crippen molar-refractivity contribution in [1.82, 2.24) is 10.6 Å². The number of hydrogen-bond donors (Lipinski definition) is 2. The Labute approximate surface area is 111 Å². The van der Waals surface area contributed by atoms with Crippen molar-refractivity contribution >= 4 is 21.8 Å². The molecule has 1 aromatic carbocycles. The average Bonchev–Trinajstić information content (AvgIpc) is 2.31. The van der Waals surface area contributed by atoms with Crippen LogP contribution in [0.5, 0.6) is 0 Å². The molecular weight excluding hydrogens is 280 g/mol. The predicted octanol–water partition coefficient (Wildman–Crippen LogP) is 2.03. The van der Waals surface area contributed by atoms with Gasteiger partial charge in [0.1, 0.15) is 0 Å². The van der Waals surface area contributed by atoms with Crippen LogP contribution in [-0.4, -0.2) is 26.0 Å². The quantitative estimate of drug-likeness (QED) is 0.789. The molecule has 0 aliphatic heterocycles. The molecule has 1 aromatic rings. The Morgan fingerprint density at radius 1 is 1.35 bits per heavy atom. The van der Waals surface area contributed by atoms with Gasteiger partial charge in [-0.3, -0.25) is 4.79 Å². The summed E-state index contributed by atoms with van der Waals surface area (Å²) in [4.78, 5) is 11.5. The van der Waals surface area contributed by atoms with Gasteiger partial charge in [0.15, 0.2) is 0 Å². The topological polar surface area (TPSA) is 41.1 Å². The molecule has 1 rings (SSSR count). The van der Waals surface area contributed by atoms with Crippen LogP contribution in [0.25, 0.3) is 0 Å². The number of halogens is 1. The van der Waals surface area contributed by atoms with Gasteiger partial charge in [-0.1, -0.05) is 28.1 Å². The normalized spacial score (nSPS) is 10.3. The molecular formula is C13H19BrN2O. The summed E-state index contributed by atoms with van der Waals surface area (Å²) in [5.41, 5.74) is 2.41. The highest BCUT2D eigenvalue weighted by atomic mass is 79.9. The van der Waals surface area contributed by atoms with E-state index in [1.165, 1.54) is 11.1 Å². The molecule has 0 aromatic heterocycles. The van der Waals surface area contributed by atoms with Gasteiger partial charge in [-0.15, -0.1) is 0 Å². The van der Waals surface area contributed by atoms with E-state index in [2.05, 4.69) is 45.6 Å². The van der Waals surface area contributed by atoms with Gasteiger partial charge in [0.05, 0.1) is 0 Å². The second kappa shape index (κ2) is 7.45. The predicted molar refractivity (Wildman–Crippen MR) is 74.1 cm³/mol. The molecule has 2 N–H and O–H groups in total. The third-order valence-electron chi connectivity index (χ3n) is 2.56. The van der Waals surface area contributed by atoms with E-state index < -0.39 is 0 Å². The SMILES string of the molecule is CNCCNC(=O)CCc1ccc(Br)c(C)c1. The monoisotopic (exact) mass is 298 g/mol. The zero-order chi connectivity index (χ0) is 12.7. The molecule has 4 heteroatoms. The van der Waals surface area contributed by atoms with Crippen LogP contribution in [0.1, 0.15) is 17.5 Å². The van der Waals surface area contributed by atoms with Gasteiger partial charge in [-0.25, -0.2) is 0 Å². The lowest BCUT2D eigenvalue weighted by Crippen LogP contribution is -2.30. The summed E-state index contributed by atoms with van der Waals surface area (Å²) in [5, 5.41) is 5.86. The summed E-state index contributed by atoms with van der Waals surface area (Å²) < 4.78 is 1.11. The van der Waals surface area contributed by atoms with Gasteiger partial charge in [0, 0.05) is 24.0 Å². The fourth-order valence-electron chi connectivity index (χ4n) is 1.54. The van der Waals surface area contributed by atoms with Crippen molar-refractivity contribution in [3.8, 4) is 0 Å². The van der Waals surface area contributed by atoms with Crippen LogP contribution in [0, 0.1) is 6.92 Å². The molecule has 0 aliphatic carbocycles. The number of carbonyl (C=O) groups is 1. The maximum Gasteiger partial charge on any atom is 0.220 e. The van der Waals surface area contributed by atoms with Gasteiger partial charge in [-0.05, 0) is 37.6 Å². The Bertz CT molecular complexity index is 380. The highest BCUT2D eigenvalue weighted by Gasteiger charge is 2.02. The number of amides is 1. The maximum atomic E-state index is 11.5. The first-order chi connectivity index (χ1) is 8.13. The third-order valence-corrected chi connectivity index (χ3v) is 3.45. The highest BCUT2D eigenvalue weighted by Crippen LogP contribution is 2.17. The van der Waals surface area contributed by atoms with Crippen LogP contribution < -0.4 is 10.6 Å².